The summed E-state index contributed by atoms with van der Waals surface area (Å²) in [7, 11) is 0. The molecule has 1 atom stereocenters. The summed E-state index contributed by atoms with van der Waals surface area (Å²) in [6.45, 7) is 2.00. The molecule has 4 rings (SSSR count). The molecule has 0 spiro atoms. The number of carbonyl (C=O) groups is 3. The van der Waals surface area contributed by atoms with Crippen LogP contribution in [0.5, 0.6) is 0 Å². The summed E-state index contributed by atoms with van der Waals surface area (Å²) in [5.41, 5.74) is 9.44. The van der Waals surface area contributed by atoms with E-state index in [-0.39, 0.29) is 24.0 Å². The quantitative estimate of drug-likeness (QED) is 0.254. The van der Waals surface area contributed by atoms with E-state index in [0.29, 0.717) is 16.9 Å². The minimum absolute atomic E-state index is 0.123. The molecule has 0 radical (unpaired) electrons. The van der Waals surface area contributed by atoms with Gasteiger partial charge >= 0.3 is 0 Å². The average Bonchev–Trinajstić information content (AvgIpc) is 3.05. The number of rotatable bonds is 6. The summed E-state index contributed by atoms with van der Waals surface area (Å²) < 4.78 is 0. The molecule has 160 valence electrons. The van der Waals surface area contributed by atoms with Crippen LogP contribution in [0.1, 0.15) is 27.9 Å². The smallest absolute Gasteiger partial charge is 0.247 e. The molecule has 0 aromatic heterocycles. The Balaban J connectivity index is 1.45. The molecule has 1 heterocycles. The summed E-state index contributed by atoms with van der Waals surface area (Å²) in [6, 6.07) is 21.7. The van der Waals surface area contributed by atoms with E-state index in [4.69, 9.17) is 5.73 Å². The fraction of sp³-hybridized carbons (Fsp3) is 0.115. The van der Waals surface area contributed by atoms with E-state index in [0.717, 1.165) is 16.0 Å². The summed E-state index contributed by atoms with van der Waals surface area (Å²) >= 11 is 1.33. The predicted molar refractivity (Wildman–Crippen MR) is 129 cm³/mol. The average molecular weight is 443 g/mol. The van der Waals surface area contributed by atoms with Gasteiger partial charge in [0.2, 0.25) is 11.8 Å². The van der Waals surface area contributed by atoms with Gasteiger partial charge in [-0.15, -0.1) is 11.8 Å². The van der Waals surface area contributed by atoms with E-state index in [1.807, 2.05) is 43.3 Å². The van der Waals surface area contributed by atoms with Crippen LogP contribution in [0.15, 0.2) is 83.8 Å². The van der Waals surface area contributed by atoms with Crippen molar-refractivity contribution in [2.45, 2.75) is 23.5 Å². The fourth-order valence-electron chi connectivity index (χ4n) is 3.54. The van der Waals surface area contributed by atoms with Gasteiger partial charge in [0.25, 0.3) is 0 Å². The van der Waals surface area contributed by atoms with Crippen LogP contribution in [0.2, 0.25) is 0 Å². The number of amides is 2. The maximum atomic E-state index is 12.9. The van der Waals surface area contributed by atoms with Crippen LogP contribution < -0.4 is 10.6 Å². The van der Waals surface area contributed by atoms with E-state index in [9.17, 15) is 14.4 Å². The monoisotopic (exact) mass is 442 g/mol. The maximum Gasteiger partial charge on any atom is 0.247 e. The number of nitrogens with two attached hydrogens (primary N) is 1. The molecule has 5 nitrogen and oxygen atoms in total. The lowest BCUT2D eigenvalue weighted by Crippen LogP contribution is -2.31. The molecule has 2 N–H and O–H groups in total. The highest BCUT2D eigenvalue weighted by Gasteiger charge is 2.40. The van der Waals surface area contributed by atoms with Gasteiger partial charge in [-0.3, -0.25) is 14.4 Å². The zero-order valence-corrected chi connectivity index (χ0v) is 18.3. The number of allylic oxidation sites excluding steroid dienone is 1. The number of anilines is 2. The molecule has 32 heavy (non-hydrogen) atoms. The lowest BCUT2D eigenvalue weighted by Gasteiger charge is -2.15. The normalized spacial score (nSPS) is 16.2. The van der Waals surface area contributed by atoms with E-state index < -0.39 is 5.25 Å². The van der Waals surface area contributed by atoms with Crippen LogP contribution in [0.4, 0.5) is 11.4 Å². The van der Waals surface area contributed by atoms with Gasteiger partial charge in [0, 0.05) is 22.6 Å². The van der Waals surface area contributed by atoms with E-state index in [2.05, 4.69) is 0 Å². The van der Waals surface area contributed by atoms with Crippen LogP contribution in [0.3, 0.4) is 0 Å². The summed E-state index contributed by atoms with van der Waals surface area (Å²) in [6.07, 6.45) is 3.42. The van der Waals surface area contributed by atoms with Crippen molar-refractivity contribution >= 4 is 46.8 Å². The first-order valence-corrected chi connectivity index (χ1v) is 11.1. The minimum atomic E-state index is -0.497. The Morgan fingerprint density at radius 2 is 1.78 bits per heavy atom. The Morgan fingerprint density at radius 1 is 1.03 bits per heavy atom. The van der Waals surface area contributed by atoms with Gasteiger partial charge in [0.05, 0.1) is 10.9 Å². The van der Waals surface area contributed by atoms with Crippen molar-refractivity contribution < 1.29 is 14.4 Å². The molecule has 0 aliphatic carbocycles. The third kappa shape index (κ3) is 4.81. The number of nitrogen functional groups attached to an aromatic ring is 1. The topological polar surface area (TPSA) is 80.5 Å². The van der Waals surface area contributed by atoms with E-state index in [1.54, 1.807) is 42.5 Å². The maximum absolute atomic E-state index is 12.9. The zero-order chi connectivity index (χ0) is 22.7. The van der Waals surface area contributed by atoms with Crippen LogP contribution in [-0.4, -0.2) is 22.8 Å². The summed E-state index contributed by atoms with van der Waals surface area (Å²) in [5.74, 6) is -0.664. The van der Waals surface area contributed by atoms with Crippen LogP contribution in [0.25, 0.3) is 6.08 Å². The number of hydrogen-bond donors (Lipinski definition) is 1. The number of carbonyl (C=O) groups excluding carboxylic acids is 3. The first-order valence-electron chi connectivity index (χ1n) is 10.2. The molecule has 1 saturated heterocycles. The third-order valence-electron chi connectivity index (χ3n) is 5.12. The molecule has 0 saturated carbocycles. The molecular formula is C26H22N2O3S. The number of benzene rings is 3. The van der Waals surface area contributed by atoms with Crippen LogP contribution in [0, 0.1) is 6.92 Å². The molecule has 6 heteroatoms. The standard InChI is InChI=1S/C26H22N2O3S/c1-17-4-2-5-18(14-17)8-13-23(29)19-9-11-21(12-10-19)28-25(30)16-24(26(28)31)32-22-7-3-6-20(27)15-22/h2-15,24H,16,27H2,1H3/b13-8+. The second kappa shape index (κ2) is 9.24. The van der Waals surface area contributed by atoms with Gasteiger partial charge in [-0.05, 0) is 61.0 Å². The molecular weight excluding hydrogens is 420 g/mol. The van der Waals surface area contributed by atoms with Crippen molar-refractivity contribution in [2.24, 2.45) is 0 Å². The number of thioether (sulfide) groups is 1. The highest BCUT2D eigenvalue weighted by atomic mass is 32.2. The molecule has 2 amide bonds. The Bertz CT molecular complexity index is 1220. The Hall–Kier alpha value is -3.64. The van der Waals surface area contributed by atoms with Crippen LogP contribution in [-0.2, 0) is 9.59 Å². The largest absolute Gasteiger partial charge is 0.399 e. The number of hydrogen-bond acceptors (Lipinski definition) is 5. The highest BCUT2D eigenvalue weighted by molar-refractivity contribution is 8.00. The SMILES string of the molecule is Cc1cccc(/C=C/C(=O)c2ccc(N3C(=O)CC(Sc4cccc(N)c4)C3=O)cc2)c1. The van der Waals surface area contributed by atoms with Gasteiger partial charge in [0.15, 0.2) is 5.78 Å². The molecule has 1 fully saturated rings. The molecule has 3 aromatic rings. The Kier molecular flexibility index (Phi) is 6.23. The van der Waals surface area contributed by atoms with Gasteiger partial charge in [-0.2, -0.15) is 0 Å². The highest BCUT2D eigenvalue weighted by Crippen LogP contribution is 2.34. The van der Waals surface area contributed by atoms with Crippen molar-refractivity contribution in [3.63, 3.8) is 0 Å². The van der Waals surface area contributed by atoms with Crippen molar-refractivity contribution in [3.05, 3.63) is 95.6 Å². The van der Waals surface area contributed by atoms with Gasteiger partial charge in [-0.1, -0.05) is 42.0 Å². The second-order valence-electron chi connectivity index (χ2n) is 7.61. The van der Waals surface area contributed by atoms with Gasteiger partial charge < -0.3 is 5.73 Å². The van der Waals surface area contributed by atoms with Crippen molar-refractivity contribution in [2.75, 3.05) is 10.6 Å². The molecule has 1 aliphatic rings. The van der Waals surface area contributed by atoms with E-state index in [1.165, 1.54) is 22.7 Å². The molecule has 1 aliphatic heterocycles. The lowest BCUT2D eigenvalue weighted by atomic mass is 10.1. The second-order valence-corrected chi connectivity index (χ2v) is 8.89. The third-order valence-corrected chi connectivity index (χ3v) is 6.30. The number of imide groups is 1. The molecule has 0 bridgehead atoms. The van der Waals surface area contributed by atoms with Gasteiger partial charge in [0.1, 0.15) is 0 Å². The zero-order valence-electron chi connectivity index (χ0n) is 17.5. The number of nitrogens with zero attached hydrogens (tertiary/aromatic N) is 1. The Morgan fingerprint density at radius 3 is 2.50 bits per heavy atom. The fourth-order valence-corrected chi connectivity index (χ4v) is 4.66. The lowest BCUT2D eigenvalue weighted by molar-refractivity contribution is -0.121. The predicted octanol–water partition coefficient (Wildman–Crippen LogP) is 4.90. The van der Waals surface area contributed by atoms with E-state index >= 15 is 0 Å². The first-order chi connectivity index (χ1) is 15.4. The Labute approximate surface area is 190 Å². The molecule has 3 aromatic carbocycles. The molecule has 1 unspecified atom stereocenters. The van der Waals surface area contributed by atoms with Gasteiger partial charge in [-0.25, -0.2) is 4.90 Å². The van der Waals surface area contributed by atoms with Crippen LogP contribution >= 0.6 is 11.8 Å². The summed E-state index contributed by atoms with van der Waals surface area (Å²) in [4.78, 5) is 40.0. The van der Waals surface area contributed by atoms with Crippen molar-refractivity contribution in [3.8, 4) is 0 Å². The number of aryl methyl sites for hydroxylation is 1. The van der Waals surface area contributed by atoms with Crippen molar-refractivity contribution in [1.82, 2.24) is 0 Å². The number of ketones is 1. The summed E-state index contributed by atoms with van der Waals surface area (Å²) in [5, 5.41) is -0.497. The minimum Gasteiger partial charge on any atom is -0.399 e. The van der Waals surface area contributed by atoms with Crippen molar-refractivity contribution in [1.29, 1.82) is 0 Å². The first kappa shape index (κ1) is 21.6.